The summed E-state index contributed by atoms with van der Waals surface area (Å²) < 4.78 is 5.26. The van der Waals surface area contributed by atoms with Crippen LogP contribution in [0.2, 0.25) is 0 Å². The number of aliphatic hydroxyl groups is 1. The molecule has 0 aliphatic heterocycles. The number of amides is 1. The number of rotatable bonds is 7. The highest BCUT2D eigenvalue weighted by Crippen LogP contribution is 2.24. The summed E-state index contributed by atoms with van der Waals surface area (Å²) in [7, 11) is 0. The summed E-state index contributed by atoms with van der Waals surface area (Å²) in [5, 5.41) is 22.5. The number of benzene rings is 1. The lowest BCUT2D eigenvalue weighted by Gasteiger charge is -2.11. The van der Waals surface area contributed by atoms with Crippen molar-refractivity contribution in [3.63, 3.8) is 0 Å². The summed E-state index contributed by atoms with van der Waals surface area (Å²) in [4.78, 5) is 21.5. The Bertz CT molecular complexity index is 488. The fourth-order valence-corrected chi connectivity index (χ4v) is 1.46. The summed E-state index contributed by atoms with van der Waals surface area (Å²) in [5.41, 5.74) is 0.140. The summed E-state index contributed by atoms with van der Waals surface area (Å²) in [6.45, 7) is 3.90. The van der Waals surface area contributed by atoms with Gasteiger partial charge in [-0.1, -0.05) is 13.8 Å². The van der Waals surface area contributed by atoms with Gasteiger partial charge in [0.25, 0.3) is 11.6 Å². The van der Waals surface area contributed by atoms with Crippen molar-refractivity contribution in [2.45, 2.75) is 20.5 Å². The van der Waals surface area contributed by atoms with E-state index in [1.54, 1.807) is 0 Å². The highest BCUT2D eigenvalue weighted by atomic mass is 16.6. The van der Waals surface area contributed by atoms with Gasteiger partial charge in [0, 0.05) is 24.2 Å². The largest absolute Gasteiger partial charge is 0.483 e. The lowest BCUT2D eigenvalue weighted by atomic mass is 10.2. The first-order valence-electron chi connectivity index (χ1n) is 6.21. The third-order valence-electron chi connectivity index (χ3n) is 2.49. The van der Waals surface area contributed by atoms with Gasteiger partial charge in [0.15, 0.2) is 6.61 Å². The molecule has 0 unspecified atom stereocenters. The molecule has 7 heteroatoms. The van der Waals surface area contributed by atoms with E-state index in [1.807, 2.05) is 13.8 Å². The Morgan fingerprint density at radius 3 is 2.75 bits per heavy atom. The number of aliphatic hydroxyl groups excluding tert-OH is 1. The average molecular weight is 282 g/mol. The van der Waals surface area contributed by atoms with E-state index in [1.165, 1.54) is 18.2 Å². The predicted molar refractivity (Wildman–Crippen MR) is 72.4 cm³/mol. The molecule has 1 amide bonds. The molecule has 1 aromatic carbocycles. The Morgan fingerprint density at radius 2 is 2.20 bits per heavy atom. The van der Waals surface area contributed by atoms with Gasteiger partial charge in [-0.25, -0.2) is 0 Å². The number of non-ortho nitro benzene ring substituents is 1. The van der Waals surface area contributed by atoms with Crippen molar-refractivity contribution >= 4 is 11.6 Å². The van der Waals surface area contributed by atoms with Crippen molar-refractivity contribution in [1.29, 1.82) is 0 Å². The molecule has 0 saturated carbocycles. The zero-order valence-electron chi connectivity index (χ0n) is 11.5. The normalized spacial score (nSPS) is 10.4. The molecule has 2 N–H and O–H groups in total. The van der Waals surface area contributed by atoms with Gasteiger partial charge in [0.2, 0.25) is 0 Å². The molecule has 0 radical (unpaired) electrons. The molecule has 0 aromatic heterocycles. The van der Waals surface area contributed by atoms with Gasteiger partial charge in [-0.3, -0.25) is 14.9 Å². The maximum absolute atomic E-state index is 11.5. The first-order valence-corrected chi connectivity index (χ1v) is 6.21. The number of ether oxygens (including phenoxy) is 1. The van der Waals surface area contributed by atoms with E-state index < -0.39 is 11.5 Å². The van der Waals surface area contributed by atoms with E-state index in [4.69, 9.17) is 9.84 Å². The third kappa shape index (κ3) is 4.85. The summed E-state index contributed by atoms with van der Waals surface area (Å²) in [6.07, 6.45) is 0. The maximum atomic E-state index is 11.5. The van der Waals surface area contributed by atoms with Crippen molar-refractivity contribution in [3.05, 3.63) is 33.9 Å². The standard InChI is InChI=1S/C13H18N2O5/c1-9(2)6-14-13(17)8-20-12-4-3-11(15(18)19)5-10(12)7-16/h3-5,9,16H,6-8H2,1-2H3,(H,14,17). The molecule has 7 nitrogen and oxygen atoms in total. The molecule has 0 heterocycles. The summed E-state index contributed by atoms with van der Waals surface area (Å²) in [5.74, 6) is 0.324. The second-order valence-electron chi connectivity index (χ2n) is 4.69. The van der Waals surface area contributed by atoms with Crippen LogP contribution in [0.25, 0.3) is 0 Å². The number of nitro benzene ring substituents is 1. The van der Waals surface area contributed by atoms with Crippen molar-refractivity contribution < 1.29 is 19.6 Å². The van der Waals surface area contributed by atoms with Gasteiger partial charge < -0.3 is 15.2 Å². The van der Waals surface area contributed by atoms with Crippen molar-refractivity contribution in [3.8, 4) is 5.75 Å². The van der Waals surface area contributed by atoms with Gasteiger partial charge >= 0.3 is 0 Å². The lowest BCUT2D eigenvalue weighted by Crippen LogP contribution is -2.31. The topological polar surface area (TPSA) is 102 Å². The average Bonchev–Trinajstić information content (AvgIpc) is 2.42. The monoisotopic (exact) mass is 282 g/mol. The molecule has 1 aromatic rings. The minimum Gasteiger partial charge on any atom is -0.483 e. The highest BCUT2D eigenvalue weighted by molar-refractivity contribution is 5.77. The predicted octanol–water partition coefficient (Wildman–Crippen LogP) is 1.24. The number of hydrogen-bond donors (Lipinski definition) is 2. The highest BCUT2D eigenvalue weighted by Gasteiger charge is 2.12. The first kappa shape index (κ1) is 15.9. The number of hydrogen-bond acceptors (Lipinski definition) is 5. The zero-order chi connectivity index (χ0) is 15.1. The molecule has 0 bridgehead atoms. The Balaban J connectivity index is 2.63. The maximum Gasteiger partial charge on any atom is 0.270 e. The fourth-order valence-electron chi connectivity index (χ4n) is 1.46. The molecule has 0 aliphatic carbocycles. The summed E-state index contributed by atoms with van der Waals surface area (Å²) in [6, 6.07) is 3.86. The number of nitro groups is 1. The van der Waals surface area contributed by atoms with Crippen molar-refractivity contribution in [2.75, 3.05) is 13.2 Å². The molecular weight excluding hydrogens is 264 g/mol. The van der Waals surface area contributed by atoms with Crippen LogP contribution >= 0.6 is 0 Å². The van der Waals surface area contributed by atoms with Crippen LogP contribution in [0.1, 0.15) is 19.4 Å². The number of nitrogens with one attached hydrogen (secondary N) is 1. The van der Waals surface area contributed by atoms with Gasteiger partial charge in [0.1, 0.15) is 5.75 Å². The first-order chi connectivity index (χ1) is 9.43. The molecule has 0 saturated heterocycles. The molecule has 0 atom stereocenters. The third-order valence-corrected chi connectivity index (χ3v) is 2.49. The SMILES string of the molecule is CC(C)CNC(=O)COc1ccc([N+](=O)[O-])cc1CO. The van der Waals surface area contributed by atoms with Crippen molar-refractivity contribution in [1.82, 2.24) is 5.32 Å². The van der Waals surface area contributed by atoms with Crippen LogP contribution in [-0.4, -0.2) is 29.1 Å². The minimum atomic E-state index is -0.557. The van der Waals surface area contributed by atoms with Gasteiger partial charge in [-0.05, 0) is 12.0 Å². The Hall–Kier alpha value is -2.15. The van der Waals surface area contributed by atoms with E-state index >= 15 is 0 Å². The smallest absolute Gasteiger partial charge is 0.270 e. The minimum absolute atomic E-state index is 0.134. The van der Waals surface area contributed by atoms with Crippen molar-refractivity contribution in [2.24, 2.45) is 5.92 Å². The van der Waals surface area contributed by atoms with Crippen LogP contribution in [0.4, 0.5) is 5.69 Å². The molecular formula is C13H18N2O5. The molecule has 20 heavy (non-hydrogen) atoms. The zero-order valence-corrected chi connectivity index (χ0v) is 11.5. The van der Waals surface area contributed by atoms with E-state index in [0.29, 0.717) is 12.5 Å². The Labute approximate surface area is 116 Å². The second-order valence-corrected chi connectivity index (χ2v) is 4.69. The van der Waals surface area contributed by atoms with E-state index in [0.717, 1.165) is 0 Å². The quantitative estimate of drug-likeness (QED) is 0.578. The van der Waals surface area contributed by atoms with E-state index in [2.05, 4.69) is 5.32 Å². The summed E-state index contributed by atoms with van der Waals surface area (Å²) >= 11 is 0. The van der Waals surface area contributed by atoms with Crippen LogP contribution in [-0.2, 0) is 11.4 Å². The van der Waals surface area contributed by atoms with Gasteiger partial charge in [0.05, 0.1) is 11.5 Å². The van der Waals surface area contributed by atoms with Crippen LogP contribution in [0.5, 0.6) is 5.75 Å². The van der Waals surface area contributed by atoms with Gasteiger partial charge in [-0.15, -0.1) is 0 Å². The number of nitrogens with zero attached hydrogens (tertiary/aromatic N) is 1. The number of carbonyl (C=O) groups is 1. The number of carbonyl (C=O) groups excluding carboxylic acids is 1. The van der Waals surface area contributed by atoms with Crippen LogP contribution in [0.3, 0.4) is 0 Å². The van der Waals surface area contributed by atoms with Crippen LogP contribution < -0.4 is 10.1 Å². The van der Waals surface area contributed by atoms with Crippen LogP contribution in [0.15, 0.2) is 18.2 Å². The second kappa shape index (κ2) is 7.44. The molecule has 0 spiro atoms. The molecule has 110 valence electrons. The Kier molecular flexibility index (Phi) is 5.92. The fraction of sp³-hybridized carbons (Fsp3) is 0.462. The van der Waals surface area contributed by atoms with Gasteiger partial charge in [-0.2, -0.15) is 0 Å². The molecule has 0 aliphatic rings. The lowest BCUT2D eigenvalue weighted by molar-refractivity contribution is -0.385. The van der Waals surface area contributed by atoms with Crippen LogP contribution in [0, 0.1) is 16.0 Å². The Morgan fingerprint density at radius 1 is 1.50 bits per heavy atom. The van der Waals surface area contributed by atoms with E-state index in [9.17, 15) is 14.9 Å². The molecule has 0 fully saturated rings. The van der Waals surface area contributed by atoms with E-state index in [-0.39, 0.29) is 29.5 Å². The molecule has 1 rings (SSSR count).